The number of morpholine rings is 1. The van der Waals surface area contributed by atoms with Crippen molar-refractivity contribution in [1.29, 1.82) is 0 Å². The topological polar surface area (TPSA) is 75.7 Å². The predicted molar refractivity (Wildman–Crippen MR) is 80.2 cm³/mol. The van der Waals surface area contributed by atoms with Crippen LogP contribution in [0.15, 0.2) is 29.2 Å². The molecule has 0 saturated carbocycles. The van der Waals surface area contributed by atoms with Crippen molar-refractivity contribution < 1.29 is 26.7 Å². The maximum absolute atomic E-state index is 12.6. The average Bonchev–Trinajstić information content (AvgIpc) is 2.46. The number of sulfone groups is 1. The summed E-state index contributed by atoms with van der Waals surface area (Å²) in [4.78, 5) is 13.2. The fourth-order valence-corrected chi connectivity index (χ4v) is 3.17. The van der Waals surface area contributed by atoms with Crippen molar-refractivity contribution in [3.8, 4) is 0 Å². The lowest BCUT2D eigenvalue weighted by Gasteiger charge is -2.35. The lowest BCUT2D eigenvalue weighted by molar-refractivity contribution is -0.0530. The molecule has 9 heteroatoms. The number of alkyl halides is 2. The molecule has 1 aromatic rings. The number of rotatable bonds is 3. The van der Waals surface area contributed by atoms with Crippen molar-refractivity contribution in [2.45, 2.75) is 36.7 Å². The molecule has 0 bridgehead atoms. The zero-order valence-corrected chi connectivity index (χ0v) is 13.5. The molecule has 1 saturated heterocycles. The van der Waals surface area contributed by atoms with E-state index >= 15 is 0 Å². The van der Waals surface area contributed by atoms with E-state index in [1.807, 2.05) is 13.8 Å². The lowest BCUT2D eigenvalue weighted by atomic mass is 10.2. The third-order valence-electron chi connectivity index (χ3n) is 3.36. The van der Waals surface area contributed by atoms with Crippen molar-refractivity contribution in [3.05, 3.63) is 24.3 Å². The SMILES string of the molecule is CC1CN(C(=O)Nc2cccc(S(=O)(=O)C(F)F)c2)CC(C)O1. The molecule has 0 aromatic heterocycles. The summed E-state index contributed by atoms with van der Waals surface area (Å²) in [6.45, 7) is 4.47. The van der Waals surface area contributed by atoms with E-state index in [9.17, 15) is 22.0 Å². The van der Waals surface area contributed by atoms with Gasteiger partial charge in [-0.2, -0.15) is 8.78 Å². The number of ether oxygens (including phenoxy) is 1. The number of carbonyl (C=O) groups is 1. The molecular formula is C14H18F2N2O4S. The molecule has 0 radical (unpaired) electrons. The third kappa shape index (κ3) is 4.17. The van der Waals surface area contributed by atoms with Crippen LogP contribution in [0.4, 0.5) is 19.3 Å². The summed E-state index contributed by atoms with van der Waals surface area (Å²) in [5.41, 5.74) is 0.142. The first kappa shape index (κ1) is 17.6. The number of anilines is 1. The molecule has 2 atom stereocenters. The van der Waals surface area contributed by atoms with Gasteiger partial charge >= 0.3 is 11.8 Å². The van der Waals surface area contributed by atoms with E-state index < -0.39 is 26.5 Å². The number of hydrogen-bond acceptors (Lipinski definition) is 4. The van der Waals surface area contributed by atoms with Gasteiger partial charge in [-0.15, -0.1) is 0 Å². The Hall–Kier alpha value is -1.74. The molecule has 6 nitrogen and oxygen atoms in total. The van der Waals surface area contributed by atoms with Crippen LogP contribution in [-0.2, 0) is 14.6 Å². The van der Waals surface area contributed by atoms with Gasteiger partial charge in [-0.1, -0.05) is 6.07 Å². The highest BCUT2D eigenvalue weighted by molar-refractivity contribution is 7.91. The van der Waals surface area contributed by atoms with Crippen LogP contribution in [-0.4, -0.2) is 50.4 Å². The number of hydrogen-bond donors (Lipinski definition) is 1. The van der Waals surface area contributed by atoms with Gasteiger partial charge in [-0.25, -0.2) is 13.2 Å². The van der Waals surface area contributed by atoms with Gasteiger partial charge in [0.15, 0.2) is 0 Å². The summed E-state index contributed by atoms with van der Waals surface area (Å²) in [7, 11) is -4.70. The van der Waals surface area contributed by atoms with Crippen LogP contribution in [0.2, 0.25) is 0 Å². The summed E-state index contributed by atoms with van der Waals surface area (Å²) in [5.74, 6) is -3.51. The first-order chi connectivity index (χ1) is 10.7. The second-order valence-corrected chi connectivity index (χ2v) is 7.34. The Labute approximate surface area is 133 Å². The van der Waals surface area contributed by atoms with E-state index in [0.29, 0.717) is 13.1 Å². The normalized spacial score (nSPS) is 22.2. The van der Waals surface area contributed by atoms with Crippen molar-refractivity contribution in [2.75, 3.05) is 18.4 Å². The minimum atomic E-state index is -4.70. The molecule has 1 N–H and O–H groups in total. The van der Waals surface area contributed by atoms with E-state index in [0.717, 1.165) is 12.1 Å². The number of urea groups is 1. The second-order valence-electron chi connectivity index (χ2n) is 5.43. The third-order valence-corrected chi connectivity index (χ3v) is 4.74. The fraction of sp³-hybridized carbons (Fsp3) is 0.500. The van der Waals surface area contributed by atoms with Crippen LogP contribution >= 0.6 is 0 Å². The zero-order chi connectivity index (χ0) is 17.2. The maximum Gasteiger partial charge on any atom is 0.341 e. The Morgan fingerprint density at radius 1 is 1.30 bits per heavy atom. The largest absolute Gasteiger partial charge is 0.372 e. The average molecular weight is 348 g/mol. The number of nitrogens with one attached hydrogen (secondary N) is 1. The maximum atomic E-state index is 12.6. The Kier molecular flexibility index (Phi) is 5.20. The standard InChI is InChI=1S/C14H18F2N2O4S/c1-9-7-18(8-10(2)22-9)14(19)17-11-4-3-5-12(6-11)23(20,21)13(15)16/h3-6,9-10,13H,7-8H2,1-2H3,(H,17,19). The van der Waals surface area contributed by atoms with Crippen LogP contribution in [0.1, 0.15) is 13.8 Å². The molecule has 128 valence electrons. The number of amides is 2. The van der Waals surface area contributed by atoms with Gasteiger partial charge < -0.3 is 15.0 Å². The minimum absolute atomic E-state index is 0.116. The smallest absolute Gasteiger partial charge is 0.341 e. The summed E-state index contributed by atoms with van der Waals surface area (Å²) >= 11 is 0. The van der Waals surface area contributed by atoms with Gasteiger partial charge in [-0.05, 0) is 32.0 Å². The molecular weight excluding hydrogens is 330 g/mol. The Bertz CT molecular complexity index is 671. The Morgan fingerprint density at radius 2 is 1.91 bits per heavy atom. The van der Waals surface area contributed by atoms with Crippen molar-refractivity contribution in [2.24, 2.45) is 0 Å². The molecule has 23 heavy (non-hydrogen) atoms. The number of benzene rings is 1. The molecule has 1 aliphatic rings. The van der Waals surface area contributed by atoms with Crippen molar-refractivity contribution in [1.82, 2.24) is 4.90 Å². The van der Waals surface area contributed by atoms with E-state index in [-0.39, 0.29) is 17.9 Å². The van der Waals surface area contributed by atoms with Crippen molar-refractivity contribution >= 4 is 21.6 Å². The van der Waals surface area contributed by atoms with Crippen LogP contribution in [0.25, 0.3) is 0 Å². The Morgan fingerprint density at radius 3 is 2.48 bits per heavy atom. The summed E-state index contributed by atoms with van der Waals surface area (Å²) in [6, 6.07) is 4.40. The lowest BCUT2D eigenvalue weighted by Crippen LogP contribution is -2.49. The molecule has 1 heterocycles. The summed E-state index contributed by atoms with van der Waals surface area (Å²) < 4.78 is 53.6. The van der Waals surface area contributed by atoms with Gasteiger partial charge in [0.25, 0.3) is 0 Å². The first-order valence-corrected chi connectivity index (χ1v) is 8.58. The van der Waals surface area contributed by atoms with Crippen LogP contribution < -0.4 is 5.32 Å². The van der Waals surface area contributed by atoms with Crippen LogP contribution in [0, 0.1) is 0 Å². The molecule has 0 spiro atoms. The molecule has 1 aromatic carbocycles. The van der Waals surface area contributed by atoms with Gasteiger partial charge in [0.1, 0.15) is 0 Å². The molecule has 1 aliphatic heterocycles. The molecule has 2 amide bonds. The van der Waals surface area contributed by atoms with E-state index in [1.165, 1.54) is 17.0 Å². The molecule has 1 fully saturated rings. The molecule has 2 unspecified atom stereocenters. The minimum Gasteiger partial charge on any atom is -0.372 e. The zero-order valence-electron chi connectivity index (χ0n) is 12.7. The van der Waals surface area contributed by atoms with Crippen molar-refractivity contribution in [3.63, 3.8) is 0 Å². The number of halogens is 2. The van der Waals surface area contributed by atoms with Gasteiger partial charge in [0.2, 0.25) is 9.84 Å². The van der Waals surface area contributed by atoms with Gasteiger partial charge in [0.05, 0.1) is 17.1 Å². The van der Waals surface area contributed by atoms with Crippen LogP contribution in [0.5, 0.6) is 0 Å². The highest BCUT2D eigenvalue weighted by Gasteiger charge is 2.28. The molecule has 0 aliphatic carbocycles. The summed E-state index contributed by atoms with van der Waals surface area (Å²) in [6.07, 6.45) is -0.231. The van der Waals surface area contributed by atoms with E-state index in [4.69, 9.17) is 4.74 Å². The highest BCUT2D eigenvalue weighted by Crippen LogP contribution is 2.22. The monoisotopic (exact) mass is 348 g/mol. The van der Waals surface area contributed by atoms with E-state index in [1.54, 1.807) is 0 Å². The first-order valence-electron chi connectivity index (χ1n) is 7.03. The predicted octanol–water partition coefficient (Wildman–Crippen LogP) is 2.32. The highest BCUT2D eigenvalue weighted by atomic mass is 32.2. The van der Waals surface area contributed by atoms with Gasteiger partial charge in [0, 0.05) is 18.8 Å². The van der Waals surface area contributed by atoms with E-state index in [2.05, 4.69) is 5.32 Å². The quantitative estimate of drug-likeness (QED) is 0.910. The second kappa shape index (κ2) is 6.79. The number of nitrogens with zero attached hydrogens (tertiary/aromatic N) is 1. The summed E-state index contributed by atoms with van der Waals surface area (Å²) in [5, 5.41) is 2.53. The Balaban J connectivity index is 2.13. The number of carbonyl (C=O) groups excluding carboxylic acids is 1. The van der Waals surface area contributed by atoms with Gasteiger partial charge in [-0.3, -0.25) is 0 Å². The van der Waals surface area contributed by atoms with Crippen LogP contribution in [0.3, 0.4) is 0 Å². The fourth-order valence-electron chi connectivity index (χ4n) is 2.40. The molecule has 2 rings (SSSR count).